The Morgan fingerprint density at radius 2 is 1.80 bits per heavy atom. The maximum absolute atomic E-state index is 12.3. The van der Waals surface area contributed by atoms with Gasteiger partial charge in [0.25, 0.3) is 0 Å². The Labute approximate surface area is 119 Å². The topological polar surface area (TPSA) is 49.4 Å². The highest BCUT2D eigenvalue weighted by molar-refractivity contribution is 7.89. The van der Waals surface area contributed by atoms with Crippen molar-refractivity contribution in [2.24, 2.45) is 0 Å². The summed E-state index contributed by atoms with van der Waals surface area (Å²) in [5, 5.41) is 1.63. The van der Waals surface area contributed by atoms with Crippen LogP contribution in [0.15, 0.2) is 53.9 Å². The van der Waals surface area contributed by atoms with Gasteiger partial charge in [-0.3, -0.25) is 0 Å². The summed E-state index contributed by atoms with van der Waals surface area (Å²) in [6.07, 6.45) is 1.52. The minimum absolute atomic E-state index is 0.214. The number of hydrogen-bond acceptors (Lipinski definition) is 3. The second-order valence-electron chi connectivity index (χ2n) is 4.66. The van der Waals surface area contributed by atoms with E-state index in [9.17, 15) is 8.42 Å². The van der Waals surface area contributed by atoms with Crippen molar-refractivity contribution in [3.8, 4) is 0 Å². The number of rotatable bonds is 5. The molecule has 0 bridgehead atoms. The molecule has 0 saturated carbocycles. The Bertz CT molecular complexity index is 737. The minimum Gasteiger partial charge on any atom is -0.377 e. The Morgan fingerprint density at radius 1 is 1.15 bits per heavy atom. The van der Waals surface area contributed by atoms with Crippen molar-refractivity contribution in [2.75, 3.05) is 25.5 Å². The van der Waals surface area contributed by atoms with Gasteiger partial charge in [-0.1, -0.05) is 30.3 Å². The van der Waals surface area contributed by atoms with Crippen LogP contribution in [0, 0.1) is 0 Å². The molecular formula is C15H18N2O2S. The first-order chi connectivity index (χ1) is 9.47. The van der Waals surface area contributed by atoms with Gasteiger partial charge in [-0.25, -0.2) is 13.1 Å². The van der Waals surface area contributed by atoms with Gasteiger partial charge >= 0.3 is 0 Å². The average molecular weight is 290 g/mol. The summed E-state index contributed by atoms with van der Waals surface area (Å²) >= 11 is 0. The molecule has 0 aliphatic carbocycles. The van der Waals surface area contributed by atoms with Gasteiger partial charge in [-0.2, -0.15) is 0 Å². The fraction of sp³-hybridized carbons (Fsp3) is 0.200. The van der Waals surface area contributed by atoms with Crippen LogP contribution in [0.25, 0.3) is 10.8 Å². The molecule has 2 rings (SSSR count). The van der Waals surface area contributed by atoms with E-state index >= 15 is 0 Å². The molecule has 0 saturated heterocycles. The SMILES string of the molecule is C=CCNS(=O)(=O)c1cccc2c(N(C)C)cccc12. The Morgan fingerprint density at radius 3 is 2.45 bits per heavy atom. The van der Waals surface area contributed by atoms with Crippen molar-refractivity contribution in [1.82, 2.24) is 4.72 Å². The van der Waals surface area contributed by atoms with Crippen LogP contribution in [-0.2, 0) is 10.0 Å². The molecule has 4 nitrogen and oxygen atoms in total. The number of benzene rings is 2. The number of nitrogens with one attached hydrogen (secondary N) is 1. The van der Waals surface area contributed by atoms with E-state index < -0.39 is 10.0 Å². The van der Waals surface area contributed by atoms with Gasteiger partial charge in [-0.15, -0.1) is 6.58 Å². The van der Waals surface area contributed by atoms with Crippen molar-refractivity contribution in [3.05, 3.63) is 49.1 Å². The third-order valence-corrected chi connectivity index (χ3v) is 4.53. The zero-order valence-electron chi connectivity index (χ0n) is 11.6. The number of nitrogens with zero attached hydrogens (tertiary/aromatic N) is 1. The van der Waals surface area contributed by atoms with Crippen LogP contribution in [0.3, 0.4) is 0 Å². The quantitative estimate of drug-likeness (QED) is 0.860. The molecule has 0 fully saturated rings. The third-order valence-electron chi connectivity index (χ3n) is 3.05. The Balaban J connectivity index is 2.67. The van der Waals surface area contributed by atoms with E-state index in [1.54, 1.807) is 12.1 Å². The van der Waals surface area contributed by atoms with Gasteiger partial charge in [0.1, 0.15) is 0 Å². The van der Waals surface area contributed by atoms with Gasteiger partial charge in [0.2, 0.25) is 10.0 Å². The predicted molar refractivity (Wildman–Crippen MR) is 83.7 cm³/mol. The van der Waals surface area contributed by atoms with E-state index in [2.05, 4.69) is 11.3 Å². The summed E-state index contributed by atoms with van der Waals surface area (Å²) < 4.78 is 27.1. The lowest BCUT2D eigenvalue weighted by Gasteiger charge is -2.17. The molecule has 1 N–H and O–H groups in total. The molecule has 2 aromatic carbocycles. The molecule has 0 heterocycles. The summed E-state index contributed by atoms with van der Waals surface area (Å²) in [6, 6.07) is 11.0. The second-order valence-corrected chi connectivity index (χ2v) is 6.40. The maximum Gasteiger partial charge on any atom is 0.241 e. The molecule has 0 aliphatic heterocycles. The van der Waals surface area contributed by atoms with Crippen molar-refractivity contribution in [2.45, 2.75) is 4.90 Å². The van der Waals surface area contributed by atoms with Gasteiger partial charge in [0, 0.05) is 37.1 Å². The normalized spacial score (nSPS) is 11.5. The fourth-order valence-corrected chi connectivity index (χ4v) is 3.35. The van der Waals surface area contributed by atoms with Crippen molar-refractivity contribution >= 4 is 26.5 Å². The lowest BCUT2D eigenvalue weighted by atomic mass is 10.1. The second kappa shape index (κ2) is 5.64. The van der Waals surface area contributed by atoms with Crippen molar-refractivity contribution in [3.63, 3.8) is 0 Å². The molecule has 0 radical (unpaired) electrons. The summed E-state index contributed by atoms with van der Waals surface area (Å²) in [5.41, 5.74) is 0.989. The van der Waals surface area contributed by atoms with E-state index in [4.69, 9.17) is 0 Å². The number of anilines is 1. The molecule has 20 heavy (non-hydrogen) atoms. The smallest absolute Gasteiger partial charge is 0.241 e. The molecular weight excluding hydrogens is 272 g/mol. The highest BCUT2D eigenvalue weighted by Crippen LogP contribution is 2.29. The van der Waals surface area contributed by atoms with Crippen LogP contribution in [-0.4, -0.2) is 29.1 Å². The van der Waals surface area contributed by atoms with E-state index in [1.807, 2.05) is 43.3 Å². The van der Waals surface area contributed by atoms with Crippen LogP contribution in [0.1, 0.15) is 0 Å². The van der Waals surface area contributed by atoms with Crippen LogP contribution in [0.4, 0.5) is 5.69 Å². The molecule has 0 amide bonds. The van der Waals surface area contributed by atoms with Crippen molar-refractivity contribution in [1.29, 1.82) is 0 Å². The highest BCUT2D eigenvalue weighted by atomic mass is 32.2. The minimum atomic E-state index is -3.53. The summed E-state index contributed by atoms with van der Waals surface area (Å²) in [5.74, 6) is 0. The van der Waals surface area contributed by atoms with Crippen LogP contribution < -0.4 is 9.62 Å². The lowest BCUT2D eigenvalue weighted by molar-refractivity contribution is 0.586. The molecule has 0 aromatic heterocycles. The van der Waals surface area contributed by atoms with Crippen LogP contribution in [0.5, 0.6) is 0 Å². The number of fused-ring (bicyclic) bond motifs is 1. The zero-order valence-corrected chi connectivity index (χ0v) is 12.4. The number of sulfonamides is 1. The molecule has 0 unspecified atom stereocenters. The van der Waals surface area contributed by atoms with E-state index in [-0.39, 0.29) is 6.54 Å². The first-order valence-corrected chi connectivity index (χ1v) is 7.75. The highest BCUT2D eigenvalue weighted by Gasteiger charge is 2.17. The molecule has 106 valence electrons. The monoisotopic (exact) mass is 290 g/mol. The summed E-state index contributed by atoms with van der Waals surface area (Å²) in [4.78, 5) is 2.26. The molecule has 0 aliphatic rings. The first kappa shape index (κ1) is 14.6. The molecule has 0 spiro atoms. The lowest BCUT2D eigenvalue weighted by Crippen LogP contribution is -2.23. The fourth-order valence-electron chi connectivity index (χ4n) is 2.14. The Hall–Kier alpha value is -1.85. The average Bonchev–Trinajstić information content (AvgIpc) is 2.43. The summed E-state index contributed by atoms with van der Waals surface area (Å²) in [6.45, 7) is 3.74. The van der Waals surface area contributed by atoms with E-state index in [0.717, 1.165) is 16.5 Å². The predicted octanol–water partition coefficient (Wildman–Crippen LogP) is 2.37. The van der Waals surface area contributed by atoms with Gasteiger partial charge < -0.3 is 4.90 Å². The third kappa shape index (κ3) is 2.69. The van der Waals surface area contributed by atoms with E-state index in [1.165, 1.54) is 6.08 Å². The van der Waals surface area contributed by atoms with Gasteiger partial charge in [0.05, 0.1) is 4.90 Å². The van der Waals surface area contributed by atoms with Gasteiger partial charge in [0.15, 0.2) is 0 Å². The Kier molecular flexibility index (Phi) is 4.11. The molecule has 2 aromatic rings. The van der Waals surface area contributed by atoms with Crippen LogP contribution in [0.2, 0.25) is 0 Å². The van der Waals surface area contributed by atoms with Gasteiger partial charge in [-0.05, 0) is 12.1 Å². The van der Waals surface area contributed by atoms with Crippen molar-refractivity contribution < 1.29 is 8.42 Å². The summed E-state index contributed by atoms with van der Waals surface area (Å²) in [7, 11) is 0.342. The largest absolute Gasteiger partial charge is 0.377 e. The number of hydrogen-bond donors (Lipinski definition) is 1. The van der Waals surface area contributed by atoms with E-state index in [0.29, 0.717) is 4.90 Å². The molecule has 0 atom stereocenters. The van der Waals surface area contributed by atoms with Crippen LogP contribution >= 0.6 is 0 Å². The zero-order chi connectivity index (χ0) is 14.8. The maximum atomic E-state index is 12.3. The standard InChI is InChI=1S/C15H18N2O2S/c1-4-11-16-20(18,19)15-10-6-7-12-13(15)8-5-9-14(12)17(2)3/h4-10,16H,1,11H2,2-3H3. The first-order valence-electron chi connectivity index (χ1n) is 6.27. The molecule has 5 heteroatoms.